The number of pyridine rings is 1. The average molecular weight is 427 g/mol. The Balaban J connectivity index is 1.86. The first kappa shape index (κ1) is 21.2. The summed E-state index contributed by atoms with van der Waals surface area (Å²) in [6.07, 6.45) is 0.759. The molecule has 0 radical (unpaired) electrons. The van der Waals surface area contributed by atoms with Crippen molar-refractivity contribution in [3.05, 3.63) is 58.3 Å². The van der Waals surface area contributed by atoms with E-state index in [1.807, 2.05) is 6.92 Å². The number of benzene rings is 1. The third kappa shape index (κ3) is 3.35. The van der Waals surface area contributed by atoms with Crippen LogP contribution in [-0.2, 0) is 16.1 Å². The summed E-state index contributed by atoms with van der Waals surface area (Å²) >= 11 is 0. The SMILES string of the molecule is CCCNC(=O)[C@H]1[C@H](CO)[C@H]2Cn3c(ccc(-c4ccccc4F)c3=O)[C@@H]1N2C(C)=O. The van der Waals surface area contributed by atoms with Crippen LogP contribution in [0.1, 0.15) is 32.0 Å². The summed E-state index contributed by atoms with van der Waals surface area (Å²) in [5.41, 5.74) is 0.599. The van der Waals surface area contributed by atoms with E-state index in [0.29, 0.717) is 12.2 Å². The maximum Gasteiger partial charge on any atom is 0.258 e. The zero-order valence-corrected chi connectivity index (χ0v) is 17.5. The van der Waals surface area contributed by atoms with Gasteiger partial charge in [-0.3, -0.25) is 14.4 Å². The second-order valence-corrected chi connectivity index (χ2v) is 8.17. The molecule has 0 aliphatic carbocycles. The van der Waals surface area contributed by atoms with Gasteiger partial charge < -0.3 is 19.9 Å². The Labute approximate surface area is 179 Å². The van der Waals surface area contributed by atoms with Crippen LogP contribution >= 0.6 is 0 Å². The number of hydrogen-bond donors (Lipinski definition) is 2. The minimum Gasteiger partial charge on any atom is -0.396 e. The first-order chi connectivity index (χ1) is 14.9. The Bertz CT molecular complexity index is 1080. The number of aliphatic hydroxyl groups excluding tert-OH is 1. The Morgan fingerprint density at radius 1 is 1.19 bits per heavy atom. The summed E-state index contributed by atoms with van der Waals surface area (Å²) in [4.78, 5) is 40.5. The molecule has 1 saturated heterocycles. The molecular weight excluding hydrogens is 401 g/mol. The molecule has 31 heavy (non-hydrogen) atoms. The fraction of sp³-hybridized carbons (Fsp3) is 0.435. The summed E-state index contributed by atoms with van der Waals surface area (Å²) in [5, 5.41) is 13.0. The maximum atomic E-state index is 14.3. The van der Waals surface area contributed by atoms with E-state index in [1.165, 1.54) is 17.6 Å². The van der Waals surface area contributed by atoms with Gasteiger partial charge >= 0.3 is 0 Å². The smallest absolute Gasteiger partial charge is 0.258 e. The fourth-order valence-corrected chi connectivity index (χ4v) is 5.09. The molecule has 0 unspecified atom stereocenters. The lowest BCUT2D eigenvalue weighted by Crippen LogP contribution is -2.48. The van der Waals surface area contributed by atoms with Crippen LogP contribution in [0.15, 0.2) is 41.2 Å². The molecule has 0 spiro atoms. The number of aromatic nitrogens is 1. The van der Waals surface area contributed by atoms with E-state index in [1.54, 1.807) is 35.2 Å². The van der Waals surface area contributed by atoms with Crippen LogP contribution in [0.25, 0.3) is 11.1 Å². The van der Waals surface area contributed by atoms with Crippen molar-refractivity contribution in [1.29, 1.82) is 0 Å². The minimum atomic E-state index is -0.669. The first-order valence-electron chi connectivity index (χ1n) is 10.6. The minimum absolute atomic E-state index is 0.148. The summed E-state index contributed by atoms with van der Waals surface area (Å²) in [6, 6.07) is 8.17. The van der Waals surface area contributed by atoms with Gasteiger partial charge in [0.15, 0.2) is 0 Å². The predicted molar refractivity (Wildman–Crippen MR) is 113 cm³/mol. The monoisotopic (exact) mass is 427 g/mol. The number of amides is 2. The normalized spacial score (nSPS) is 24.1. The molecule has 1 aromatic carbocycles. The van der Waals surface area contributed by atoms with E-state index in [-0.39, 0.29) is 41.7 Å². The highest BCUT2D eigenvalue weighted by Crippen LogP contribution is 2.48. The van der Waals surface area contributed by atoms with Gasteiger partial charge in [-0.25, -0.2) is 4.39 Å². The van der Waals surface area contributed by atoms with Crippen molar-refractivity contribution in [2.45, 2.75) is 38.9 Å². The molecule has 8 heteroatoms. The molecular formula is C23H26FN3O4. The molecule has 164 valence electrons. The number of rotatable bonds is 5. The van der Waals surface area contributed by atoms with Crippen molar-refractivity contribution in [3.8, 4) is 11.1 Å². The van der Waals surface area contributed by atoms with Crippen LogP contribution in [0.3, 0.4) is 0 Å². The predicted octanol–water partition coefficient (Wildman–Crippen LogP) is 1.69. The summed E-state index contributed by atoms with van der Waals surface area (Å²) in [5.74, 6) is -2.11. The molecule has 2 aromatic rings. The van der Waals surface area contributed by atoms with Crippen molar-refractivity contribution in [3.63, 3.8) is 0 Å². The molecule has 2 bridgehead atoms. The number of hydrogen-bond acceptors (Lipinski definition) is 4. The van der Waals surface area contributed by atoms with Crippen molar-refractivity contribution in [1.82, 2.24) is 14.8 Å². The number of carbonyl (C=O) groups excluding carboxylic acids is 2. The highest BCUT2D eigenvalue weighted by molar-refractivity contribution is 5.83. The molecule has 1 fully saturated rings. The molecule has 2 aliphatic heterocycles. The van der Waals surface area contributed by atoms with E-state index < -0.39 is 29.7 Å². The standard InChI is InChI=1S/C23H26FN3O4/c1-3-10-25-22(30)20-16(12-28)19-11-26-18(21(20)27(19)13(2)29)9-8-15(23(26)31)14-6-4-5-7-17(14)24/h4-9,16,19-21,28H,3,10-12H2,1-2H3,(H,25,30)/t16-,19-,20+,21+/m1/s1. The van der Waals surface area contributed by atoms with E-state index in [4.69, 9.17) is 0 Å². The molecule has 2 aliphatic rings. The van der Waals surface area contributed by atoms with Gasteiger partial charge in [-0.15, -0.1) is 0 Å². The number of nitrogens with one attached hydrogen (secondary N) is 1. The molecule has 2 N–H and O–H groups in total. The van der Waals surface area contributed by atoms with E-state index >= 15 is 0 Å². The molecule has 4 atom stereocenters. The summed E-state index contributed by atoms with van der Waals surface area (Å²) in [7, 11) is 0. The fourth-order valence-electron chi connectivity index (χ4n) is 5.09. The van der Waals surface area contributed by atoms with Crippen LogP contribution in [-0.4, -0.2) is 45.6 Å². The Morgan fingerprint density at radius 2 is 1.94 bits per heavy atom. The van der Waals surface area contributed by atoms with Crippen LogP contribution < -0.4 is 10.9 Å². The van der Waals surface area contributed by atoms with E-state index in [9.17, 15) is 23.9 Å². The zero-order chi connectivity index (χ0) is 22.3. The Hall–Kier alpha value is -3.00. The lowest BCUT2D eigenvalue weighted by molar-refractivity contribution is -0.134. The quantitative estimate of drug-likeness (QED) is 0.760. The Kier molecular flexibility index (Phi) is 5.66. The van der Waals surface area contributed by atoms with Crippen molar-refractivity contribution in [2.75, 3.05) is 13.2 Å². The van der Waals surface area contributed by atoms with Gasteiger partial charge in [0.1, 0.15) is 5.82 Å². The first-order valence-corrected chi connectivity index (χ1v) is 10.6. The largest absolute Gasteiger partial charge is 0.396 e. The van der Waals surface area contributed by atoms with Gasteiger partial charge in [-0.05, 0) is 24.6 Å². The number of halogens is 1. The lowest BCUT2D eigenvalue weighted by atomic mass is 9.86. The second kappa shape index (κ2) is 8.26. The molecule has 0 saturated carbocycles. The molecule has 1 aromatic heterocycles. The molecule has 2 amide bonds. The molecule has 4 rings (SSSR count). The van der Waals surface area contributed by atoms with Crippen molar-refractivity contribution >= 4 is 11.8 Å². The maximum absolute atomic E-state index is 14.3. The molecule has 3 heterocycles. The third-order valence-electron chi connectivity index (χ3n) is 6.42. The second-order valence-electron chi connectivity index (χ2n) is 8.17. The van der Waals surface area contributed by atoms with Gasteiger partial charge in [0.05, 0.1) is 23.6 Å². The number of fused-ring (bicyclic) bond motifs is 4. The number of carbonyl (C=O) groups is 2. The Morgan fingerprint density at radius 3 is 2.58 bits per heavy atom. The van der Waals surface area contributed by atoms with Crippen LogP contribution in [0.4, 0.5) is 4.39 Å². The van der Waals surface area contributed by atoms with Crippen LogP contribution in [0, 0.1) is 17.7 Å². The van der Waals surface area contributed by atoms with Crippen molar-refractivity contribution < 1.29 is 19.1 Å². The van der Waals surface area contributed by atoms with Gasteiger partial charge in [0.25, 0.3) is 5.56 Å². The highest BCUT2D eigenvalue weighted by atomic mass is 19.1. The lowest BCUT2D eigenvalue weighted by Gasteiger charge is -2.37. The summed E-state index contributed by atoms with van der Waals surface area (Å²) in [6.45, 7) is 3.73. The van der Waals surface area contributed by atoms with E-state index in [0.717, 1.165) is 6.42 Å². The van der Waals surface area contributed by atoms with Gasteiger partial charge in [-0.1, -0.05) is 25.1 Å². The van der Waals surface area contributed by atoms with Gasteiger partial charge in [-0.2, -0.15) is 0 Å². The third-order valence-corrected chi connectivity index (χ3v) is 6.42. The zero-order valence-electron chi connectivity index (χ0n) is 17.5. The highest BCUT2D eigenvalue weighted by Gasteiger charge is 2.56. The number of nitrogens with zero attached hydrogens (tertiary/aromatic N) is 2. The van der Waals surface area contributed by atoms with Crippen molar-refractivity contribution in [2.24, 2.45) is 11.8 Å². The van der Waals surface area contributed by atoms with E-state index in [2.05, 4.69) is 5.32 Å². The van der Waals surface area contributed by atoms with Crippen LogP contribution in [0.2, 0.25) is 0 Å². The van der Waals surface area contributed by atoms with Crippen LogP contribution in [0.5, 0.6) is 0 Å². The topological polar surface area (TPSA) is 91.6 Å². The number of aliphatic hydroxyl groups is 1. The molecule has 7 nitrogen and oxygen atoms in total. The van der Waals surface area contributed by atoms with Gasteiger partial charge in [0, 0.05) is 43.8 Å². The van der Waals surface area contributed by atoms with Gasteiger partial charge in [0.2, 0.25) is 11.8 Å². The average Bonchev–Trinajstić information content (AvgIpc) is 3.00. The summed E-state index contributed by atoms with van der Waals surface area (Å²) < 4.78 is 15.9.